The van der Waals surface area contributed by atoms with Crippen molar-refractivity contribution in [3.8, 4) is 0 Å². The first kappa shape index (κ1) is 19.4. The van der Waals surface area contributed by atoms with Crippen LogP contribution >= 0.6 is 0 Å². The zero-order valence-corrected chi connectivity index (χ0v) is 15.4. The Hall–Kier alpha value is -0.573. The lowest BCUT2D eigenvalue weighted by Crippen LogP contribution is -2.35. The number of esters is 1. The molecule has 0 radical (unpaired) electrons. The molecule has 0 heterocycles. The third kappa shape index (κ3) is 7.27. The highest BCUT2D eigenvalue weighted by Gasteiger charge is 2.36. The summed E-state index contributed by atoms with van der Waals surface area (Å²) in [5, 5.41) is 0. The van der Waals surface area contributed by atoms with E-state index >= 15 is 0 Å². The van der Waals surface area contributed by atoms with Crippen LogP contribution in [-0.2, 0) is 9.53 Å². The number of ether oxygens (including phenoxy) is 1. The fourth-order valence-electron chi connectivity index (χ4n) is 2.61. The zero-order chi connectivity index (χ0) is 15.6. The normalized spacial score (nSPS) is 14.2. The number of rotatable bonds is 10. The summed E-state index contributed by atoms with van der Waals surface area (Å²) in [4.78, 5) is 12.2. The Morgan fingerprint density at radius 1 is 1.10 bits per heavy atom. The van der Waals surface area contributed by atoms with Gasteiger partial charge in [0.05, 0.1) is 20.7 Å². The Morgan fingerprint density at radius 3 is 2.15 bits per heavy atom. The van der Waals surface area contributed by atoms with Crippen molar-refractivity contribution < 1.29 is 9.53 Å². The fraction of sp³-hybridized carbons (Fsp3) is 0.824. The predicted octanol–water partition coefficient (Wildman–Crippen LogP) is 5.56. The summed E-state index contributed by atoms with van der Waals surface area (Å²) in [6.07, 6.45) is 10.5. The van der Waals surface area contributed by atoms with E-state index in [0.29, 0.717) is 0 Å². The molecule has 0 rings (SSSR count). The van der Waals surface area contributed by atoms with Gasteiger partial charge in [0.25, 0.3) is 0 Å². The van der Waals surface area contributed by atoms with Crippen LogP contribution in [0.3, 0.4) is 0 Å². The van der Waals surface area contributed by atoms with E-state index in [1.807, 2.05) is 0 Å². The van der Waals surface area contributed by atoms with Gasteiger partial charge in [0.15, 0.2) is 0 Å². The highest BCUT2D eigenvalue weighted by atomic mass is 28.3. The van der Waals surface area contributed by atoms with Crippen LogP contribution in [0.5, 0.6) is 0 Å². The van der Waals surface area contributed by atoms with Crippen molar-refractivity contribution in [3.05, 3.63) is 11.6 Å². The smallest absolute Gasteiger partial charge is 0.309 e. The molecule has 3 heteroatoms. The zero-order valence-electron chi connectivity index (χ0n) is 14.4. The molecule has 0 aromatic rings. The number of hydrogen-bond donors (Lipinski definition) is 0. The van der Waals surface area contributed by atoms with Crippen LogP contribution < -0.4 is 0 Å². The van der Waals surface area contributed by atoms with Gasteiger partial charge in [-0.05, 0) is 19.3 Å². The van der Waals surface area contributed by atoms with E-state index in [1.165, 1.54) is 44.8 Å². The molecule has 118 valence electrons. The number of hydrogen-bond acceptors (Lipinski definition) is 2. The van der Waals surface area contributed by atoms with E-state index < -0.39 is 8.07 Å². The molecule has 0 aromatic heterocycles. The molecule has 0 saturated carbocycles. The van der Waals surface area contributed by atoms with Gasteiger partial charge in [0, 0.05) is 0 Å². The molecular weight excluding hydrogens is 264 g/mol. The molecular formula is C17H34O2Si. The van der Waals surface area contributed by atoms with Gasteiger partial charge >= 0.3 is 5.97 Å². The molecule has 1 atom stereocenters. The van der Waals surface area contributed by atoms with Crippen LogP contribution in [0.2, 0.25) is 25.2 Å². The monoisotopic (exact) mass is 298 g/mol. The molecule has 0 aliphatic rings. The van der Waals surface area contributed by atoms with Gasteiger partial charge in [0.1, 0.15) is 0 Å². The minimum absolute atomic E-state index is 0.0246. The van der Waals surface area contributed by atoms with E-state index in [2.05, 4.69) is 39.6 Å². The number of unbranched alkanes of at least 4 members (excludes halogenated alkanes) is 4. The van der Waals surface area contributed by atoms with Gasteiger partial charge in [0.2, 0.25) is 0 Å². The van der Waals surface area contributed by atoms with Crippen molar-refractivity contribution in [3.63, 3.8) is 0 Å². The Kier molecular flexibility index (Phi) is 9.90. The summed E-state index contributed by atoms with van der Waals surface area (Å²) in [5.41, 5.74) is 1.37. The second kappa shape index (κ2) is 10.2. The van der Waals surface area contributed by atoms with Gasteiger partial charge in [-0.2, -0.15) is 0 Å². The first-order valence-electron chi connectivity index (χ1n) is 8.15. The quantitative estimate of drug-likeness (QED) is 0.228. The Morgan fingerprint density at radius 2 is 1.70 bits per heavy atom. The molecule has 1 unspecified atom stereocenters. The highest BCUT2D eigenvalue weighted by molar-refractivity contribution is 6.81. The maximum atomic E-state index is 12.2. The third-order valence-corrected chi connectivity index (χ3v) is 6.05. The molecule has 2 nitrogen and oxygen atoms in total. The lowest BCUT2D eigenvalue weighted by Gasteiger charge is -2.29. The number of allylic oxidation sites excluding steroid dienone is 1. The number of carbonyl (C=O) groups excluding carboxylic acids is 1. The van der Waals surface area contributed by atoms with Gasteiger partial charge < -0.3 is 4.74 Å². The molecule has 0 bridgehead atoms. The van der Waals surface area contributed by atoms with E-state index in [-0.39, 0.29) is 11.5 Å². The topological polar surface area (TPSA) is 26.3 Å². The van der Waals surface area contributed by atoms with Gasteiger partial charge in [-0.15, -0.1) is 0 Å². The largest absolute Gasteiger partial charge is 0.469 e. The van der Waals surface area contributed by atoms with Gasteiger partial charge in [-0.25, -0.2) is 0 Å². The second-order valence-electron chi connectivity index (χ2n) is 6.70. The molecule has 0 fully saturated rings. The van der Waals surface area contributed by atoms with E-state index in [1.54, 1.807) is 0 Å². The van der Waals surface area contributed by atoms with E-state index in [0.717, 1.165) is 12.8 Å². The molecule has 0 spiro atoms. The Bertz CT molecular complexity index is 303. The summed E-state index contributed by atoms with van der Waals surface area (Å²) in [7, 11) is -0.0780. The van der Waals surface area contributed by atoms with Crippen molar-refractivity contribution in [2.75, 3.05) is 7.11 Å². The fourth-order valence-corrected chi connectivity index (χ4v) is 4.81. The van der Waals surface area contributed by atoms with Gasteiger partial charge in [-0.3, -0.25) is 4.79 Å². The first-order valence-corrected chi connectivity index (χ1v) is 11.7. The van der Waals surface area contributed by atoms with Crippen LogP contribution in [-0.4, -0.2) is 21.2 Å². The number of carbonyl (C=O) groups is 1. The number of methoxy groups -OCH3 is 1. The van der Waals surface area contributed by atoms with Crippen molar-refractivity contribution in [2.45, 2.75) is 84.0 Å². The van der Waals surface area contributed by atoms with E-state index in [9.17, 15) is 4.79 Å². The molecule has 0 N–H and O–H groups in total. The van der Waals surface area contributed by atoms with Gasteiger partial charge in [-0.1, -0.05) is 70.8 Å². The van der Waals surface area contributed by atoms with Crippen LogP contribution in [0, 0.1) is 0 Å². The van der Waals surface area contributed by atoms with Crippen LogP contribution in [0.1, 0.15) is 58.8 Å². The Labute approximate surface area is 127 Å². The summed E-state index contributed by atoms with van der Waals surface area (Å²) >= 11 is 0. The molecule has 20 heavy (non-hydrogen) atoms. The average molecular weight is 299 g/mol. The summed E-state index contributed by atoms with van der Waals surface area (Å²) in [6.45, 7) is 11.2. The average Bonchev–Trinajstić information content (AvgIpc) is 2.37. The summed E-state index contributed by atoms with van der Waals surface area (Å²) in [5.74, 6) is -0.0246. The Balaban J connectivity index is 5.08. The maximum Gasteiger partial charge on any atom is 0.309 e. The molecule has 0 aromatic carbocycles. The third-order valence-electron chi connectivity index (χ3n) is 3.71. The lowest BCUT2D eigenvalue weighted by molar-refractivity contribution is -0.139. The lowest BCUT2D eigenvalue weighted by atomic mass is 10.0. The molecule has 0 amide bonds. The van der Waals surface area contributed by atoms with Crippen molar-refractivity contribution in [1.82, 2.24) is 0 Å². The summed E-state index contributed by atoms with van der Waals surface area (Å²) < 4.78 is 5.09. The van der Waals surface area contributed by atoms with Crippen molar-refractivity contribution in [2.24, 2.45) is 0 Å². The minimum Gasteiger partial charge on any atom is -0.469 e. The van der Waals surface area contributed by atoms with Crippen molar-refractivity contribution in [1.29, 1.82) is 0 Å². The van der Waals surface area contributed by atoms with Crippen LogP contribution in [0.15, 0.2) is 11.6 Å². The minimum atomic E-state index is -1.60. The maximum absolute atomic E-state index is 12.2. The SMILES string of the molecule is CCCC/C=C(/CCCCC)C(C(=O)OC)[Si](C)(C)C. The first-order chi connectivity index (χ1) is 9.38. The predicted molar refractivity (Wildman–Crippen MR) is 90.9 cm³/mol. The molecule has 0 aliphatic carbocycles. The standard InChI is InChI=1S/C17H34O2Si/c1-7-9-11-13-15(14-12-10-8-2)16(17(18)19-3)20(4,5)6/h13,16H,7-12,14H2,1-6H3/b15-13-. The second-order valence-corrected chi connectivity index (χ2v) is 12.0. The highest BCUT2D eigenvalue weighted by Crippen LogP contribution is 2.34. The summed E-state index contributed by atoms with van der Waals surface area (Å²) in [6, 6.07) is 0. The molecule has 0 aliphatic heterocycles. The van der Waals surface area contributed by atoms with Crippen LogP contribution in [0.4, 0.5) is 0 Å². The van der Waals surface area contributed by atoms with Crippen LogP contribution in [0.25, 0.3) is 0 Å². The molecule has 0 saturated heterocycles. The van der Waals surface area contributed by atoms with Crippen molar-refractivity contribution >= 4 is 14.0 Å². The van der Waals surface area contributed by atoms with E-state index in [4.69, 9.17) is 4.74 Å².